The SMILES string of the molecule is Nc1cc(Br)cc(Br)c1S(=O)(=O)Nc1ncnc(Cl)c1Cl. The summed E-state index contributed by atoms with van der Waals surface area (Å²) in [6.45, 7) is 0. The zero-order valence-electron chi connectivity index (χ0n) is 9.94. The maximum absolute atomic E-state index is 12.4. The molecule has 0 atom stereocenters. The Morgan fingerprint density at radius 3 is 2.48 bits per heavy atom. The lowest BCUT2D eigenvalue weighted by Gasteiger charge is -2.12. The van der Waals surface area contributed by atoms with E-state index in [1.807, 2.05) is 0 Å². The number of nitrogens with two attached hydrogens (primary N) is 1. The first-order chi connectivity index (χ1) is 9.72. The summed E-state index contributed by atoms with van der Waals surface area (Å²) < 4.78 is 28.0. The minimum absolute atomic E-state index is 0.0556. The molecule has 0 aliphatic rings. The highest BCUT2D eigenvalue weighted by Crippen LogP contribution is 2.34. The minimum Gasteiger partial charge on any atom is -0.398 e. The van der Waals surface area contributed by atoms with Gasteiger partial charge in [0.2, 0.25) is 0 Å². The second kappa shape index (κ2) is 6.25. The number of sulfonamides is 1. The van der Waals surface area contributed by atoms with Gasteiger partial charge in [0.25, 0.3) is 10.0 Å². The van der Waals surface area contributed by atoms with E-state index < -0.39 is 10.0 Å². The predicted octanol–water partition coefficient (Wildman–Crippen LogP) is 3.69. The molecule has 6 nitrogen and oxygen atoms in total. The summed E-state index contributed by atoms with van der Waals surface area (Å²) in [4.78, 5) is 7.25. The van der Waals surface area contributed by atoms with Crippen LogP contribution in [0.5, 0.6) is 0 Å². The molecule has 0 bridgehead atoms. The Hall–Kier alpha value is -0.610. The number of nitrogen functional groups attached to an aromatic ring is 1. The Balaban J connectivity index is 2.51. The Morgan fingerprint density at radius 2 is 1.86 bits per heavy atom. The minimum atomic E-state index is -4.01. The highest BCUT2D eigenvalue weighted by Gasteiger charge is 2.24. The molecule has 1 heterocycles. The van der Waals surface area contributed by atoms with Crippen molar-refractivity contribution >= 4 is 76.6 Å². The van der Waals surface area contributed by atoms with E-state index >= 15 is 0 Å². The number of rotatable bonds is 3. The quantitative estimate of drug-likeness (QED) is 0.520. The fraction of sp³-hybridized carbons (Fsp3) is 0. The first-order valence-electron chi connectivity index (χ1n) is 5.15. The lowest BCUT2D eigenvalue weighted by molar-refractivity contribution is 0.601. The molecule has 0 saturated heterocycles. The highest BCUT2D eigenvalue weighted by molar-refractivity contribution is 9.11. The van der Waals surface area contributed by atoms with Crippen molar-refractivity contribution in [2.24, 2.45) is 0 Å². The molecule has 0 saturated carbocycles. The van der Waals surface area contributed by atoms with Crippen LogP contribution in [0.25, 0.3) is 0 Å². The molecule has 0 spiro atoms. The molecular formula is C10H6Br2Cl2N4O2S. The number of halogens is 4. The summed E-state index contributed by atoms with van der Waals surface area (Å²) >= 11 is 17.9. The average molecular weight is 477 g/mol. The molecule has 0 fully saturated rings. The number of nitrogens with zero attached hydrogens (tertiary/aromatic N) is 2. The van der Waals surface area contributed by atoms with Crippen LogP contribution >= 0.6 is 55.1 Å². The Kier molecular flexibility index (Phi) is 4.99. The number of hydrogen-bond acceptors (Lipinski definition) is 5. The van der Waals surface area contributed by atoms with Gasteiger partial charge in [-0.1, -0.05) is 39.1 Å². The van der Waals surface area contributed by atoms with Gasteiger partial charge in [-0.15, -0.1) is 0 Å². The van der Waals surface area contributed by atoms with Crippen LogP contribution in [-0.2, 0) is 10.0 Å². The predicted molar refractivity (Wildman–Crippen MR) is 89.1 cm³/mol. The second-order valence-corrected chi connectivity index (χ2v) is 7.86. The fourth-order valence-electron chi connectivity index (χ4n) is 1.46. The van der Waals surface area contributed by atoms with Crippen molar-refractivity contribution in [1.82, 2.24) is 9.97 Å². The summed E-state index contributed by atoms with van der Waals surface area (Å²) in [5, 5.41) is -0.165. The monoisotopic (exact) mass is 474 g/mol. The molecule has 2 aromatic rings. The standard InChI is InChI=1S/C10H6Br2Cl2N4O2S/c11-4-1-5(12)8(6(15)2-4)21(19,20)18-10-7(13)9(14)16-3-17-10/h1-3H,15H2,(H,16,17,18). The van der Waals surface area contributed by atoms with E-state index in [0.29, 0.717) is 4.47 Å². The largest absolute Gasteiger partial charge is 0.398 e. The van der Waals surface area contributed by atoms with Gasteiger partial charge in [0, 0.05) is 8.95 Å². The van der Waals surface area contributed by atoms with Gasteiger partial charge in [0.1, 0.15) is 16.2 Å². The number of aromatic nitrogens is 2. The third-order valence-electron chi connectivity index (χ3n) is 2.28. The smallest absolute Gasteiger partial charge is 0.266 e. The summed E-state index contributed by atoms with van der Waals surface area (Å²) in [6, 6.07) is 3.02. The summed E-state index contributed by atoms with van der Waals surface area (Å²) in [5.41, 5.74) is 5.81. The summed E-state index contributed by atoms with van der Waals surface area (Å²) in [7, 11) is -4.01. The van der Waals surface area contributed by atoms with Crippen molar-refractivity contribution in [1.29, 1.82) is 0 Å². The molecule has 112 valence electrons. The first kappa shape index (κ1) is 16.8. The van der Waals surface area contributed by atoms with Gasteiger partial charge in [-0.05, 0) is 28.1 Å². The van der Waals surface area contributed by atoms with Gasteiger partial charge in [0.05, 0.1) is 5.69 Å². The molecule has 2 rings (SSSR count). The number of anilines is 2. The fourth-order valence-corrected chi connectivity index (χ4v) is 4.89. The van der Waals surface area contributed by atoms with Gasteiger partial charge < -0.3 is 5.73 Å². The van der Waals surface area contributed by atoms with Crippen molar-refractivity contribution < 1.29 is 8.42 Å². The van der Waals surface area contributed by atoms with Crippen LogP contribution in [0.15, 0.2) is 32.3 Å². The number of nitrogens with one attached hydrogen (secondary N) is 1. The van der Waals surface area contributed by atoms with Crippen LogP contribution in [-0.4, -0.2) is 18.4 Å². The topological polar surface area (TPSA) is 98.0 Å². The molecule has 0 unspecified atom stereocenters. The average Bonchev–Trinajstić information content (AvgIpc) is 2.33. The Labute approximate surface area is 147 Å². The van der Waals surface area contributed by atoms with Gasteiger partial charge in [-0.2, -0.15) is 0 Å². The maximum atomic E-state index is 12.4. The zero-order valence-corrected chi connectivity index (χ0v) is 15.4. The van der Waals surface area contributed by atoms with E-state index in [4.69, 9.17) is 28.9 Å². The molecule has 3 N–H and O–H groups in total. The van der Waals surface area contributed by atoms with E-state index in [1.165, 1.54) is 6.07 Å². The molecule has 21 heavy (non-hydrogen) atoms. The van der Waals surface area contributed by atoms with Crippen molar-refractivity contribution in [3.05, 3.63) is 37.6 Å². The third kappa shape index (κ3) is 3.59. The van der Waals surface area contributed by atoms with Crippen LogP contribution in [0.2, 0.25) is 10.2 Å². The van der Waals surface area contributed by atoms with Crippen molar-refractivity contribution in [3.63, 3.8) is 0 Å². The van der Waals surface area contributed by atoms with Gasteiger partial charge in [0.15, 0.2) is 11.0 Å². The van der Waals surface area contributed by atoms with Gasteiger partial charge in [-0.25, -0.2) is 18.4 Å². The molecule has 1 aromatic carbocycles. The van der Waals surface area contributed by atoms with Crippen LogP contribution < -0.4 is 10.5 Å². The third-order valence-corrected chi connectivity index (χ3v) is 5.83. The van der Waals surface area contributed by atoms with E-state index in [1.54, 1.807) is 6.07 Å². The lowest BCUT2D eigenvalue weighted by atomic mass is 10.3. The lowest BCUT2D eigenvalue weighted by Crippen LogP contribution is -2.17. The van der Waals surface area contributed by atoms with E-state index in [2.05, 4.69) is 46.5 Å². The molecule has 11 heteroatoms. The van der Waals surface area contributed by atoms with Crippen LogP contribution in [0, 0.1) is 0 Å². The van der Waals surface area contributed by atoms with Crippen molar-refractivity contribution in [2.75, 3.05) is 10.5 Å². The number of hydrogen-bond donors (Lipinski definition) is 2. The van der Waals surface area contributed by atoms with E-state index in [-0.39, 0.29) is 31.0 Å². The maximum Gasteiger partial charge on any atom is 0.266 e. The molecule has 1 aromatic heterocycles. The van der Waals surface area contributed by atoms with Crippen molar-refractivity contribution in [2.45, 2.75) is 4.90 Å². The molecule has 0 aliphatic heterocycles. The molecule has 0 amide bonds. The second-order valence-electron chi connectivity index (χ2n) is 3.74. The normalized spacial score (nSPS) is 11.4. The highest BCUT2D eigenvalue weighted by atomic mass is 79.9. The van der Waals surface area contributed by atoms with Crippen LogP contribution in [0.1, 0.15) is 0 Å². The van der Waals surface area contributed by atoms with Crippen molar-refractivity contribution in [3.8, 4) is 0 Å². The number of benzene rings is 1. The molecule has 0 radical (unpaired) electrons. The Bertz CT molecular complexity index is 794. The van der Waals surface area contributed by atoms with E-state index in [0.717, 1.165) is 6.33 Å². The summed E-state index contributed by atoms with van der Waals surface area (Å²) in [5.74, 6) is -0.133. The molecule has 0 aliphatic carbocycles. The summed E-state index contributed by atoms with van der Waals surface area (Å²) in [6.07, 6.45) is 1.09. The van der Waals surface area contributed by atoms with E-state index in [9.17, 15) is 8.42 Å². The van der Waals surface area contributed by atoms with Crippen LogP contribution in [0.4, 0.5) is 11.5 Å². The van der Waals surface area contributed by atoms with Gasteiger partial charge >= 0.3 is 0 Å². The molecular weight excluding hydrogens is 471 g/mol. The van der Waals surface area contributed by atoms with Gasteiger partial charge in [-0.3, -0.25) is 4.72 Å². The Morgan fingerprint density at radius 1 is 1.19 bits per heavy atom. The first-order valence-corrected chi connectivity index (χ1v) is 8.98. The zero-order chi connectivity index (χ0) is 15.8. The van der Waals surface area contributed by atoms with Crippen LogP contribution in [0.3, 0.4) is 0 Å².